The molecule has 0 spiro atoms. The number of nitrogens with zero attached hydrogens (tertiary/aromatic N) is 4. The maximum atomic E-state index is 13.1. The van der Waals surface area contributed by atoms with Crippen LogP contribution in [0.25, 0.3) is 5.69 Å². The number of hydrogen-bond acceptors (Lipinski definition) is 6. The second-order valence-electron chi connectivity index (χ2n) is 5.22. The second-order valence-corrected chi connectivity index (χ2v) is 8.58. The third-order valence-corrected chi connectivity index (χ3v) is 6.23. The molecule has 0 aliphatic rings. The van der Waals surface area contributed by atoms with Crippen LogP contribution in [0.15, 0.2) is 29.4 Å². The zero-order valence-electron chi connectivity index (χ0n) is 13.5. The van der Waals surface area contributed by atoms with E-state index in [9.17, 15) is 12.8 Å². The van der Waals surface area contributed by atoms with Crippen LogP contribution >= 0.6 is 11.8 Å². The molecule has 24 heavy (non-hydrogen) atoms. The van der Waals surface area contributed by atoms with Gasteiger partial charge < -0.3 is 5.73 Å². The zero-order valence-corrected chi connectivity index (χ0v) is 15.1. The first kappa shape index (κ1) is 18.8. The molecule has 0 atom stereocenters. The molecule has 0 aliphatic carbocycles. The Morgan fingerprint density at radius 2 is 1.92 bits per heavy atom. The summed E-state index contributed by atoms with van der Waals surface area (Å²) in [7, 11) is -0.174. The fraction of sp³-hybridized carbons (Fsp3) is 0.429. The lowest BCUT2D eigenvalue weighted by atomic mass is 10.3. The minimum atomic E-state index is -3.20. The summed E-state index contributed by atoms with van der Waals surface area (Å²) in [5.74, 6) is 0.868. The predicted octanol–water partition coefficient (Wildman–Crippen LogP) is 1.24. The van der Waals surface area contributed by atoms with Gasteiger partial charge in [0, 0.05) is 25.5 Å². The summed E-state index contributed by atoms with van der Waals surface area (Å²) >= 11 is 1.39. The lowest BCUT2D eigenvalue weighted by molar-refractivity contribution is 0.520. The molecule has 132 valence electrons. The number of benzene rings is 1. The van der Waals surface area contributed by atoms with Gasteiger partial charge in [0.1, 0.15) is 5.82 Å². The highest BCUT2D eigenvalue weighted by Gasteiger charge is 2.16. The molecule has 0 radical (unpaired) electrons. The third kappa shape index (κ3) is 4.53. The van der Waals surface area contributed by atoms with Crippen molar-refractivity contribution in [3.63, 3.8) is 0 Å². The lowest BCUT2D eigenvalue weighted by Crippen LogP contribution is -2.25. The van der Waals surface area contributed by atoms with Crippen molar-refractivity contribution < 1.29 is 12.8 Å². The summed E-state index contributed by atoms with van der Waals surface area (Å²) < 4.78 is 39.6. The van der Waals surface area contributed by atoms with Gasteiger partial charge in [-0.3, -0.25) is 4.57 Å². The Balaban J connectivity index is 2.09. The first-order chi connectivity index (χ1) is 11.3. The van der Waals surface area contributed by atoms with Crippen LogP contribution in [0.5, 0.6) is 0 Å². The van der Waals surface area contributed by atoms with Crippen LogP contribution in [-0.4, -0.2) is 53.1 Å². The maximum absolute atomic E-state index is 13.1. The van der Waals surface area contributed by atoms with Gasteiger partial charge in [0.05, 0.1) is 12.3 Å². The van der Waals surface area contributed by atoms with E-state index in [0.717, 1.165) is 0 Å². The van der Waals surface area contributed by atoms with Gasteiger partial charge in [-0.2, -0.15) is 0 Å². The Hall–Kier alpha value is -1.49. The molecule has 7 nitrogen and oxygen atoms in total. The van der Waals surface area contributed by atoms with E-state index in [2.05, 4.69) is 10.2 Å². The Morgan fingerprint density at radius 3 is 2.50 bits per heavy atom. The molecule has 1 heterocycles. The highest BCUT2D eigenvalue weighted by molar-refractivity contribution is 7.99. The number of sulfonamides is 1. The summed E-state index contributed by atoms with van der Waals surface area (Å²) in [6.07, 6.45) is 0.486. The van der Waals surface area contributed by atoms with Crippen LogP contribution in [-0.2, 0) is 16.6 Å². The second kappa shape index (κ2) is 8.06. The first-order valence-corrected chi connectivity index (χ1v) is 9.88. The van der Waals surface area contributed by atoms with E-state index in [4.69, 9.17) is 5.73 Å². The molecule has 0 amide bonds. The highest BCUT2D eigenvalue weighted by atomic mass is 32.2. The average Bonchev–Trinajstić information content (AvgIpc) is 2.95. The van der Waals surface area contributed by atoms with Gasteiger partial charge in [0.15, 0.2) is 11.0 Å². The number of thioether (sulfide) groups is 1. The van der Waals surface area contributed by atoms with Crippen molar-refractivity contribution in [2.75, 3.05) is 25.6 Å². The van der Waals surface area contributed by atoms with Crippen molar-refractivity contribution in [3.8, 4) is 5.69 Å². The molecule has 1 aromatic heterocycles. The van der Waals surface area contributed by atoms with Crippen LogP contribution < -0.4 is 5.73 Å². The molecule has 0 saturated carbocycles. The van der Waals surface area contributed by atoms with E-state index in [1.54, 1.807) is 16.7 Å². The summed E-state index contributed by atoms with van der Waals surface area (Å²) in [6.45, 7) is 0.194. The quantitative estimate of drug-likeness (QED) is 0.553. The number of rotatable bonds is 8. The monoisotopic (exact) mass is 373 g/mol. The molecule has 2 N–H and O–H groups in total. The Bertz CT molecular complexity index is 775. The van der Waals surface area contributed by atoms with Crippen molar-refractivity contribution >= 4 is 21.8 Å². The first-order valence-electron chi connectivity index (χ1n) is 7.28. The fourth-order valence-corrected chi connectivity index (χ4v) is 3.93. The SMILES string of the molecule is CN(C)S(=O)(=O)CCCSc1nnc(CN)n1-c1ccc(F)cc1. The van der Waals surface area contributed by atoms with Crippen LogP contribution in [0.4, 0.5) is 4.39 Å². The van der Waals surface area contributed by atoms with Gasteiger partial charge in [-0.1, -0.05) is 11.8 Å². The molecule has 1 aromatic carbocycles. The molecule has 0 aliphatic heterocycles. The van der Waals surface area contributed by atoms with Crippen molar-refractivity contribution in [3.05, 3.63) is 35.9 Å². The van der Waals surface area contributed by atoms with E-state index >= 15 is 0 Å². The molecular formula is C14H20FN5O2S2. The van der Waals surface area contributed by atoms with Gasteiger partial charge >= 0.3 is 0 Å². The van der Waals surface area contributed by atoms with Crippen LogP contribution in [0.2, 0.25) is 0 Å². The predicted molar refractivity (Wildman–Crippen MR) is 92.0 cm³/mol. The van der Waals surface area contributed by atoms with E-state index in [1.165, 1.54) is 42.3 Å². The summed E-state index contributed by atoms with van der Waals surface area (Å²) in [5.41, 5.74) is 6.40. The van der Waals surface area contributed by atoms with Gasteiger partial charge in [-0.05, 0) is 30.7 Å². The minimum absolute atomic E-state index is 0.0709. The Morgan fingerprint density at radius 1 is 1.25 bits per heavy atom. The van der Waals surface area contributed by atoms with E-state index in [-0.39, 0.29) is 18.1 Å². The average molecular weight is 373 g/mol. The Kier molecular flexibility index (Phi) is 6.33. The summed E-state index contributed by atoms with van der Waals surface area (Å²) in [5, 5.41) is 8.73. The molecule has 0 saturated heterocycles. The fourth-order valence-electron chi connectivity index (χ4n) is 1.96. The van der Waals surface area contributed by atoms with Crippen LogP contribution in [0, 0.1) is 5.82 Å². The Labute approximate surface area is 145 Å². The maximum Gasteiger partial charge on any atom is 0.213 e. The molecule has 2 aromatic rings. The van der Waals surface area contributed by atoms with E-state index in [0.29, 0.717) is 28.8 Å². The van der Waals surface area contributed by atoms with E-state index in [1.807, 2.05) is 0 Å². The smallest absolute Gasteiger partial charge is 0.213 e. The van der Waals surface area contributed by atoms with Crippen molar-refractivity contribution in [1.29, 1.82) is 0 Å². The minimum Gasteiger partial charge on any atom is -0.324 e. The molecular weight excluding hydrogens is 353 g/mol. The molecule has 0 fully saturated rings. The van der Waals surface area contributed by atoms with Crippen molar-refractivity contribution in [2.45, 2.75) is 18.1 Å². The number of halogens is 1. The lowest BCUT2D eigenvalue weighted by Gasteiger charge is -2.11. The van der Waals surface area contributed by atoms with Crippen molar-refractivity contribution in [1.82, 2.24) is 19.1 Å². The number of hydrogen-bond donors (Lipinski definition) is 1. The summed E-state index contributed by atoms with van der Waals surface area (Å²) in [4.78, 5) is 0. The zero-order chi connectivity index (χ0) is 17.7. The third-order valence-electron chi connectivity index (χ3n) is 3.30. The summed E-state index contributed by atoms with van der Waals surface area (Å²) in [6, 6.07) is 5.96. The van der Waals surface area contributed by atoms with Crippen molar-refractivity contribution in [2.24, 2.45) is 5.73 Å². The molecule has 10 heteroatoms. The number of nitrogens with two attached hydrogens (primary N) is 1. The van der Waals surface area contributed by atoms with Gasteiger partial charge in [-0.25, -0.2) is 17.1 Å². The molecule has 2 rings (SSSR count). The van der Waals surface area contributed by atoms with Gasteiger partial charge in [-0.15, -0.1) is 10.2 Å². The van der Waals surface area contributed by atoms with Gasteiger partial charge in [0.25, 0.3) is 0 Å². The van der Waals surface area contributed by atoms with Crippen LogP contribution in [0.3, 0.4) is 0 Å². The normalized spacial score (nSPS) is 12.0. The molecule has 0 bridgehead atoms. The van der Waals surface area contributed by atoms with E-state index < -0.39 is 10.0 Å². The number of aromatic nitrogens is 3. The standard InChI is InChI=1S/C14H20FN5O2S2/c1-19(2)24(21,22)9-3-8-23-14-18-17-13(10-16)20(14)12-6-4-11(15)5-7-12/h4-7H,3,8-10,16H2,1-2H3. The largest absolute Gasteiger partial charge is 0.324 e. The highest BCUT2D eigenvalue weighted by Crippen LogP contribution is 2.23. The van der Waals surface area contributed by atoms with Gasteiger partial charge in [0.2, 0.25) is 10.0 Å². The topological polar surface area (TPSA) is 94.1 Å². The van der Waals surface area contributed by atoms with Crippen LogP contribution in [0.1, 0.15) is 12.2 Å². The molecule has 0 unspecified atom stereocenters.